The second-order valence-electron chi connectivity index (χ2n) is 4.83. The van der Waals surface area contributed by atoms with Crippen molar-refractivity contribution < 1.29 is 4.52 Å². The number of nitrogens with zero attached hydrogens (tertiary/aromatic N) is 2. The molecule has 3 rings (SSSR count). The van der Waals surface area contributed by atoms with Crippen molar-refractivity contribution in [3.63, 3.8) is 0 Å². The molecule has 0 bridgehead atoms. The zero-order valence-electron chi connectivity index (χ0n) is 9.90. The van der Waals surface area contributed by atoms with Gasteiger partial charge in [-0.05, 0) is 37.0 Å². The van der Waals surface area contributed by atoms with Crippen LogP contribution < -0.4 is 5.73 Å². The molecular formula is C13H14ClN3O. The van der Waals surface area contributed by atoms with Crippen LogP contribution in [-0.4, -0.2) is 10.1 Å². The van der Waals surface area contributed by atoms with E-state index in [0.29, 0.717) is 18.1 Å². The first-order valence-corrected chi connectivity index (χ1v) is 6.40. The SMILES string of the molecule is NC1(c2nc(Cc3ccc(Cl)cc3)no2)CCC1. The van der Waals surface area contributed by atoms with Crippen LogP contribution in [0.5, 0.6) is 0 Å². The zero-order chi connectivity index (χ0) is 12.6. The van der Waals surface area contributed by atoms with Crippen molar-refractivity contribution in [1.29, 1.82) is 0 Å². The van der Waals surface area contributed by atoms with Crippen LogP contribution in [0.1, 0.15) is 36.5 Å². The molecule has 0 unspecified atom stereocenters. The maximum absolute atomic E-state index is 6.14. The molecule has 0 amide bonds. The third-order valence-corrected chi connectivity index (χ3v) is 3.67. The number of aromatic nitrogens is 2. The Morgan fingerprint density at radius 3 is 2.61 bits per heavy atom. The van der Waals surface area contributed by atoms with Crippen molar-refractivity contribution in [3.8, 4) is 0 Å². The Morgan fingerprint density at radius 1 is 1.28 bits per heavy atom. The smallest absolute Gasteiger partial charge is 0.246 e. The molecule has 1 aliphatic carbocycles. The fourth-order valence-electron chi connectivity index (χ4n) is 2.08. The number of hydrogen-bond acceptors (Lipinski definition) is 4. The summed E-state index contributed by atoms with van der Waals surface area (Å²) in [5.41, 5.74) is 6.86. The van der Waals surface area contributed by atoms with Crippen LogP contribution >= 0.6 is 11.6 Å². The summed E-state index contributed by atoms with van der Waals surface area (Å²) in [6, 6.07) is 7.63. The first-order chi connectivity index (χ1) is 8.66. The summed E-state index contributed by atoms with van der Waals surface area (Å²) in [4.78, 5) is 4.39. The Morgan fingerprint density at radius 2 is 2.00 bits per heavy atom. The lowest BCUT2D eigenvalue weighted by Gasteiger charge is -2.33. The number of hydrogen-bond donors (Lipinski definition) is 1. The van der Waals surface area contributed by atoms with E-state index in [4.69, 9.17) is 21.9 Å². The Hall–Kier alpha value is -1.39. The van der Waals surface area contributed by atoms with Gasteiger partial charge in [0, 0.05) is 11.4 Å². The van der Waals surface area contributed by atoms with E-state index in [0.717, 1.165) is 29.8 Å². The van der Waals surface area contributed by atoms with Crippen molar-refractivity contribution in [1.82, 2.24) is 10.1 Å². The molecule has 1 aromatic carbocycles. The largest absolute Gasteiger partial charge is 0.337 e. The minimum absolute atomic E-state index is 0.384. The van der Waals surface area contributed by atoms with Crippen LogP contribution in [0.15, 0.2) is 28.8 Å². The maximum atomic E-state index is 6.14. The van der Waals surface area contributed by atoms with Crippen LogP contribution in [-0.2, 0) is 12.0 Å². The number of halogens is 1. The van der Waals surface area contributed by atoms with Crippen molar-refractivity contribution in [2.45, 2.75) is 31.2 Å². The first kappa shape index (κ1) is 11.7. The van der Waals surface area contributed by atoms with E-state index >= 15 is 0 Å². The molecule has 4 nitrogen and oxygen atoms in total. The Balaban J connectivity index is 1.75. The van der Waals surface area contributed by atoms with Gasteiger partial charge in [0.15, 0.2) is 5.82 Å². The van der Waals surface area contributed by atoms with Crippen molar-refractivity contribution >= 4 is 11.6 Å². The van der Waals surface area contributed by atoms with E-state index in [1.165, 1.54) is 0 Å². The Bertz CT molecular complexity index is 546. The second kappa shape index (κ2) is 4.37. The van der Waals surface area contributed by atoms with E-state index in [1.807, 2.05) is 24.3 Å². The minimum Gasteiger partial charge on any atom is -0.337 e. The van der Waals surface area contributed by atoms with E-state index in [-0.39, 0.29) is 5.54 Å². The van der Waals surface area contributed by atoms with Gasteiger partial charge in [0.25, 0.3) is 0 Å². The normalized spacial score (nSPS) is 17.4. The molecule has 1 fully saturated rings. The lowest BCUT2D eigenvalue weighted by molar-refractivity contribution is 0.181. The Kier molecular flexibility index (Phi) is 2.84. The van der Waals surface area contributed by atoms with Crippen LogP contribution in [0.25, 0.3) is 0 Å². The fraction of sp³-hybridized carbons (Fsp3) is 0.385. The lowest BCUT2D eigenvalue weighted by Crippen LogP contribution is -2.43. The van der Waals surface area contributed by atoms with Crippen LogP contribution in [0.4, 0.5) is 0 Å². The zero-order valence-corrected chi connectivity index (χ0v) is 10.7. The van der Waals surface area contributed by atoms with Gasteiger partial charge in [0.1, 0.15) is 0 Å². The van der Waals surface area contributed by atoms with E-state index in [9.17, 15) is 0 Å². The quantitative estimate of drug-likeness (QED) is 0.925. The number of rotatable bonds is 3. The van der Waals surface area contributed by atoms with E-state index < -0.39 is 0 Å². The number of nitrogens with two attached hydrogens (primary N) is 1. The summed E-state index contributed by atoms with van der Waals surface area (Å²) in [6.07, 6.45) is 3.62. The van der Waals surface area contributed by atoms with E-state index in [1.54, 1.807) is 0 Å². The van der Waals surface area contributed by atoms with Crippen LogP contribution in [0, 0.1) is 0 Å². The summed E-state index contributed by atoms with van der Waals surface area (Å²) < 4.78 is 5.26. The lowest BCUT2D eigenvalue weighted by atomic mass is 9.78. The fourth-order valence-corrected chi connectivity index (χ4v) is 2.21. The Labute approximate surface area is 110 Å². The molecule has 0 atom stereocenters. The van der Waals surface area contributed by atoms with Crippen molar-refractivity contribution in [2.75, 3.05) is 0 Å². The summed E-state index contributed by atoms with van der Waals surface area (Å²) in [7, 11) is 0. The molecule has 1 aromatic heterocycles. The van der Waals surface area contributed by atoms with Gasteiger partial charge in [0.2, 0.25) is 5.89 Å². The summed E-state index contributed by atoms with van der Waals surface area (Å²) >= 11 is 5.84. The first-order valence-electron chi connectivity index (χ1n) is 6.02. The standard InChI is InChI=1S/C13H14ClN3O/c14-10-4-2-9(3-5-10)8-11-16-12(18-17-11)13(15)6-1-7-13/h2-5H,1,6-8,15H2. The highest BCUT2D eigenvalue weighted by Gasteiger charge is 2.39. The molecule has 1 heterocycles. The highest BCUT2D eigenvalue weighted by atomic mass is 35.5. The summed E-state index contributed by atoms with van der Waals surface area (Å²) in [5.74, 6) is 1.24. The van der Waals surface area contributed by atoms with Crippen molar-refractivity contribution in [2.24, 2.45) is 5.73 Å². The topological polar surface area (TPSA) is 64.9 Å². The highest BCUT2D eigenvalue weighted by molar-refractivity contribution is 6.30. The van der Waals surface area contributed by atoms with Gasteiger partial charge in [0.05, 0.1) is 5.54 Å². The monoisotopic (exact) mass is 263 g/mol. The molecule has 1 saturated carbocycles. The maximum Gasteiger partial charge on any atom is 0.246 e. The molecule has 0 radical (unpaired) electrons. The molecular weight excluding hydrogens is 250 g/mol. The van der Waals surface area contributed by atoms with E-state index in [2.05, 4.69) is 10.1 Å². The van der Waals surface area contributed by atoms with Gasteiger partial charge in [-0.3, -0.25) is 0 Å². The van der Waals surface area contributed by atoms with Crippen LogP contribution in [0.2, 0.25) is 5.02 Å². The van der Waals surface area contributed by atoms with Gasteiger partial charge in [-0.2, -0.15) is 4.98 Å². The van der Waals surface area contributed by atoms with Gasteiger partial charge >= 0.3 is 0 Å². The molecule has 1 aliphatic rings. The molecule has 5 heteroatoms. The summed E-state index contributed by atoms with van der Waals surface area (Å²) in [6.45, 7) is 0. The molecule has 94 valence electrons. The predicted molar refractivity (Wildman–Crippen MR) is 68.3 cm³/mol. The van der Waals surface area contributed by atoms with Gasteiger partial charge in [-0.25, -0.2) is 0 Å². The van der Waals surface area contributed by atoms with Gasteiger partial charge < -0.3 is 10.3 Å². The second-order valence-corrected chi connectivity index (χ2v) is 5.27. The average molecular weight is 264 g/mol. The molecule has 0 saturated heterocycles. The molecule has 0 aliphatic heterocycles. The molecule has 2 aromatic rings. The van der Waals surface area contributed by atoms with Crippen molar-refractivity contribution in [3.05, 3.63) is 46.6 Å². The minimum atomic E-state index is -0.384. The van der Waals surface area contributed by atoms with Gasteiger partial charge in [-0.1, -0.05) is 28.9 Å². The molecule has 0 spiro atoms. The molecule has 2 N–H and O–H groups in total. The summed E-state index contributed by atoms with van der Waals surface area (Å²) in [5, 5.41) is 4.71. The predicted octanol–water partition coefficient (Wildman–Crippen LogP) is 2.65. The number of benzene rings is 1. The third kappa shape index (κ3) is 2.13. The molecule has 18 heavy (non-hydrogen) atoms. The average Bonchev–Trinajstić information content (AvgIpc) is 2.78. The highest BCUT2D eigenvalue weighted by Crippen LogP contribution is 2.37. The third-order valence-electron chi connectivity index (χ3n) is 3.42. The van der Waals surface area contributed by atoms with Gasteiger partial charge in [-0.15, -0.1) is 0 Å². The van der Waals surface area contributed by atoms with Crippen LogP contribution in [0.3, 0.4) is 0 Å².